The largest absolute Gasteiger partial charge is 0.494 e. The molecule has 1 aliphatic carbocycles. The molecule has 1 saturated carbocycles. The lowest BCUT2D eigenvalue weighted by molar-refractivity contribution is 0.386. The number of anilines is 1. The third kappa shape index (κ3) is 2.44. The van der Waals surface area contributed by atoms with Crippen molar-refractivity contribution in [2.24, 2.45) is 0 Å². The molecule has 1 saturated heterocycles. The molecule has 0 amide bonds. The Hall–Kier alpha value is -2.18. The molecule has 7 heteroatoms. The van der Waals surface area contributed by atoms with E-state index < -0.39 is 0 Å². The minimum absolute atomic E-state index is 0.0726. The second-order valence-electron chi connectivity index (χ2n) is 6.71. The normalized spacial score (nSPS) is 22.4. The van der Waals surface area contributed by atoms with Crippen LogP contribution in [0.2, 0.25) is 0 Å². The smallest absolute Gasteiger partial charge is 0.246 e. The maximum atomic E-state index is 13.9. The van der Waals surface area contributed by atoms with E-state index in [0.29, 0.717) is 0 Å². The van der Waals surface area contributed by atoms with Gasteiger partial charge in [-0.2, -0.15) is 0 Å². The molecule has 1 aromatic heterocycles. The third-order valence-electron chi connectivity index (χ3n) is 5.06. The lowest BCUT2D eigenvalue weighted by Crippen LogP contribution is -2.27. The zero-order valence-corrected chi connectivity index (χ0v) is 13.4. The molecule has 1 atom stereocenters. The Morgan fingerprint density at radius 3 is 2.87 bits per heavy atom. The fourth-order valence-corrected chi connectivity index (χ4v) is 3.27. The fourth-order valence-electron chi connectivity index (χ4n) is 3.27. The van der Waals surface area contributed by atoms with Crippen LogP contribution in [0, 0.1) is 5.82 Å². The number of halogens is 1. The van der Waals surface area contributed by atoms with Crippen LogP contribution in [0.5, 0.6) is 5.75 Å². The standard InChI is InChI=1S/C16H20FN5O/c1-16(6-7-16)22-15(18-19-20-22)21-8-5-12(10-21)11-3-4-14(23-2)13(17)9-11/h3-4,9,12H,5-8,10H2,1-2H3. The topological polar surface area (TPSA) is 56.1 Å². The van der Waals surface area contributed by atoms with Crippen molar-refractivity contribution in [2.45, 2.75) is 37.6 Å². The van der Waals surface area contributed by atoms with Crippen LogP contribution in [-0.2, 0) is 5.54 Å². The van der Waals surface area contributed by atoms with Crippen LogP contribution in [0.3, 0.4) is 0 Å². The van der Waals surface area contributed by atoms with E-state index in [0.717, 1.165) is 43.9 Å². The zero-order chi connectivity index (χ0) is 16.0. The monoisotopic (exact) mass is 317 g/mol. The van der Waals surface area contributed by atoms with Crippen LogP contribution in [0.4, 0.5) is 10.3 Å². The summed E-state index contributed by atoms with van der Waals surface area (Å²) in [5, 5.41) is 12.2. The number of hydrogen-bond acceptors (Lipinski definition) is 5. The molecule has 0 spiro atoms. The molecule has 0 bridgehead atoms. The van der Waals surface area contributed by atoms with Crippen molar-refractivity contribution in [1.29, 1.82) is 0 Å². The summed E-state index contributed by atoms with van der Waals surface area (Å²) in [6.07, 6.45) is 3.20. The van der Waals surface area contributed by atoms with E-state index in [1.165, 1.54) is 7.11 Å². The van der Waals surface area contributed by atoms with Gasteiger partial charge in [0, 0.05) is 19.0 Å². The second-order valence-corrected chi connectivity index (χ2v) is 6.71. The SMILES string of the molecule is COc1ccc(C2CCN(c3nnnn3C3(C)CC3)C2)cc1F. The number of rotatable bonds is 4. The summed E-state index contributed by atoms with van der Waals surface area (Å²) in [4.78, 5) is 2.20. The molecule has 122 valence electrons. The van der Waals surface area contributed by atoms with E-state index in [1.54, 1.807) is 12.1 Å². The first-order valence-corrected chi connectivity index (χ1v) is 7.98. The third-order valence-corrected chi connectivity index (χ3v) is 5.06. The molecule has 6 nitrogen and oxygen atoms in total. The molecule has 2 aliphatic rings. The van der Waals surface area contributed by atoms with Gasteiger partial charge >= 0.3 is 0 Å². The Bertz CT molecular complexity index is 727. The molecule has 23 heavy (non-hydrogen) atoms. The quantitative estimate of drug-likeness (QED) is 0.866. The van der Waals surface area contributed by atoms with Crippen molar-refractivity contribution in [3.63, 3.8) is 0 Å². The average molecular weight is 317 g/mol. The van der Waals surface area contributed by atoms with Crippen molar-refractivity contribution < 1.29 is 9.13 Å². The van der Waals surface area contributed by atoms with E-state index >= 15 is 0 Å². The molecule has 2 fully saturated rings. The van der Waals surface area contributed by atoms with Crippen molar-refractivity contribution in [1.82, 2.24) is 20.2 Å². The molecule has 4 rings (SSSR count). The number of aromatic nitrogens is 4. The predicted octanol–water partition coefficient (Wildman–Crippen LogP) is 2.32. The van der Waals surface area contributed by atoms with Gasteiger partial charge < -0.3 is 9.64 Å². The van der Waals surface area contributed by atoms with Crippen LogP contribution in [0.1, 0.15) is 37.7 Å². The van der Waals surface area contributed by atoms with E-state index in [-0.39, 0.29) is 23.0 Å². The highest BCUT2D eigenvalue weighted by atomic mass is 19.1. The number of methoxy groups -OCH3 is 1. The average Bonchev–Trinajstić information content (AvgIpc) is 3.00. The Kier molecular flexibility index (Phi) is 3.25. The molecule has 0 radical (unpaired) electrons. The van der Waals surface area contributed by atoms with Crippen molar-refractivity contribution in [3.8, 4) is 5.75 Å². The highest BCUT2D eigenvalue weighted by molar-refractivity contribution is 5.38. The van der Waals surface area contributed by atoms with Gasteiger partial charge in [0.05, 0.1) is 12.6 Å². The van der Waals surface area contributed by atoms with Gasteiger partial charge in [0.2, 0.25) is 5.95 Å². The lowest BCUT2D eigenvalue weighted by Gasteiger charge is -2.20. The number of tetrazole rings is 1. The van der Waals surface area contributed by atoms with Crippen molar-refractivity contribution in [3.05, 3.63) is 29.6 Å². The van der Waals surface area contributed by atoms with Gasteiger partial charge in [-0.05, 0) is 54.3 Å². The maximum absolute atomic E-state index is 13.9. The summed E-state index contributed by atoms with van der Waals surface area (Å²) in [6, 6.07) is 5.22. The molecule has 1 aliphatic heterocycles. The molecule has 1 unspecified atom stereocenters. The van der Waals surface area contributed by atoms with Crippen molar-refractivity contribution in [2.75, 3.05) is 25.1 Å². The Morgan fingerprint density at radius 1 is 1.35 bits per heavy atom. The Balaban J connectivity index is 1.53. The van der Waals surface area contributed by atoms with E-state index in [2.05, 4.69) is 27.3 Å². The predicted molar refractivity (Wildman–Crippen MR) is 83.2 cm³/mol. The summed E-state index contributed by atoms with van der Waals surface area (Å²) in [5.41, 5.74) is 1.07. The summed E-state index contributed by atoms with van der Waals surface area (Å²) >= 11 is 0. The minimum Gasteiger partial charge on any atom is -0.494 e. The van der Waals surface area contributed by atoms with Gasteiger partial charge in [-0.15, -0.1) is 0 Å². The van der Waals surface area contributed by atoms with Gasteiger partial charge in [0.1, 0.15) is 0 Å². The highest BCUT2D eigenvalue weighted by Gasteiger charge is 2.44. The van der Waals surface area contributed by atoms with Crippen molar-refractivity contribution >= 4 is 5.95 Å². The van der Waals surface area contributed by atoms with E-state index in [4.69, 9.17) is 4.74 Å². The summed E-state index contributed by atoms with van der Waals surface area (Å²) in [7, 11) is 1.48. The lowest BCUT2D eigenvalue weighted by atomic mass is 9.98. The number of benzene rings is 1. The number of nitrogens with zero attached hydrogens (tertiary/aromatic N) is 5. The molecular weight excluding hydrogens is 297 g/mol. The van der Waals surface area contributed by atoms with Gasteiger partial charge in [-0.1, -0.05) is 11.2 Å². The van der Waals surface area contributed by atoms with Crippen LogP contribution >= 0.6 is 0 Å². The van der Waals surface area contributed by atoms with Gasteiger partial charge in [-0.25, -0.2) is 9.07 Å². The maximum Gasteiger partial charge on any atom is 0.246 e. The molecular formula is C16H20FN5O. The van der Waals surface area contributed by atoms with Gasteiger partial charge in [0.25, 0.3) is 0 Å². The van der Waals surface area contributed by atoms with Crippen LogP contribution < -0.4 is 9.64 Å². The van der Waals surface area contributed by atoms with Gasteiger partial charge in [0.15, 0.2) is 11.6 Å². The first kappa shape index (κ1) is 14.4. The second kappa shape index (κ2) is 5.18. The molecule has 2 heterocycles. The zero-order valence-electron chi connectivity index (χ0n) is 13.4. The summed E-state index contributed by atoms with van der Waals surface area (Å²) in [6.45, 7) is 3.87. The minimum atomic E-state index is -0.307. The number of ether oxygens (including phenoxy) is 1. The molecule has 0 N–H and O–H groups in total. The first-order chi connectivity index (χ1) is 11.1. The number of hydrogen-bond donors (Lipinski definition) is 0. The van der Waals surface area contributed by atoms with Crippen LogP contribution in [-0.4, -0.2) is 40.4 Å². The van der Waals surface area contributed by atoms with Crippen LogP contribution in [0.25, 0.3) is 0 Å². The first-order valence-electron chi connectivity index (χ1n) is 7.98. The molecule has 2 aromatic rings. The van der Waals surface area contributed by atoms with Gasteiger partial charge in [-0.3, -0.25) is 0 Å². The highest BCUT2D eigenvalue weighted by Crippen LogP contribution is 2.44. The Labute approximate surface area is 134 Å². The van der Waals surface area contributed by atoms with Crippen LogP contribution in [0.15, 0.2) is 18.2 Å². The van der Waals surface area contributed by atoms with E-state index in [1.807, 2.05) is 10.7 Å². The Morgan fingerprint density at radius 2 is 2.17 bits per heavy atom. The molecule has 1 aromatic carbocycles. The fraction of sp³-hybridized carbons (Fsp3) is 0.562. The summed E-state index contributed by atoms with van der Waals surface area (Å²) in [5.74, 6) is 1.10. The summed E-state index contributed by atoms with van der Waals surface area (Å²) < 4.78 is 20.9. The van der Waals surface area contributed by atoms with E-state index in [9.17, 15) is 4.39 Å².